The molecule has 6 nitrogen and oxygen atoms in total. The summed E-state index contributed by atoms with van der Waals surface area (Å²) in [5.41, 5.74) is -2.07. The molecule has 0 spiro atoms. The van der Waals surface area contributed by atoms with Gasteiger partial charge in [0.15, 0.2) is 0 Å². The van der Waals surface area contributed by atoms with E-state index in [-0.39, 0.29) is 35.1 Å². The van der Waals surface area contributed by atoms with Crippen molar-refractivity contribution in [3.63, 3.8) is 0 Å². The summed E-state index contributed by atoms with van der Waals surface area (Å²) in [6.07, 6.45) is 5.94. The summed E-state index contributed by atoms with van der Waals surface area (Å²) in [4.78, 5) is 13.7. The summed E-state index contributed by atoms with van der Waals surface area (Å²) in [6.45, 7) is 4.62. The van der Waals surface area contributed by atoms with E-state index in [9.17, 15) is 20.1 Å². The minimum Gasteiger partial charge on any atom is -0.393 e. The van der Waals surface area contributed by atoms with Crippen molar-refractivity contribution in [2.24, 2.45) is 34.5 Å². The molecular weight excluding hydrogens is 372 g/mol. The van der Waals surface area contributed by atoms with Gasteiger partial charge in [-0.25, -0.2) is 0 Å². The van der Waals surface area contributed by atoms with E-state index in [0.29, 0.717) is 32.0 Å². The predicted molar refractivity (Wildman–Crippen MR) is 105 cm³/mol. The van der Waals surface area contributed by atoms with Crippen LogP contribution in [0.2, 0.25) is 0 Å². The molecule has 29 heavy (non-hydrogen) atoms. The fraction of sp³-hybridized carbons (Fsp3) is 0.957. The maximum Gasteiger partial charge on any atom is 0.222 e. The van der Waals surface area contributed by atoms with E-state index in [2.05, 4.69) is 6.92 Å². The van der Waals surface area contributed by atoms with Crippen LogP contribution in [-0.4, -0.2) is 58.4 Å². The molecule has 5 rings (SSSR count). The highest BCUT2D eigenvalue weighted by Gasteiger charge is 2.73. The number of aliphatic hydroxyl groups is 3. The summed E-state index contributed by atoms with van der Waals surface area (Å²) >= 11 is 0. The van der Waals surface area contributed by atoms with Crippen molar-refractivity contribution in [3.8, 4) is 0 Å². The van der Waals surface area contributed by atoms with Gasteiger partial charge in [-0.3, -0.25) is 4.79 Å². The van der Waals surface area contributed by atoms with Crippen molar-refractivity contribution < 1.29 is 29.6 Å². The second kappa shape index (κ2) is 6.49. The van der Waals surface area contributed by atoms with Crippen LogP contribution in [-0.2, 0) is 14.3 Å². The molecule has 3 unspecified atom stereocenters. The zero-order valence-corrected chi connectivity index (χ0v) is 17.7. The Morgan fingerprint density at radius 1 is 1.07 bits per heavy atom. The lowest BCUT2D eigenvalue weighted by atomic mass is 9.43. The number of hydrogen-bond donors (Lipinski definition) is 3. The van der Waals surface area contributed by atoms with Crippen LogP contribution in [0.25, 0.3) is 0 Å². The van der Waals surface area contributed by atoms with Crippen molar-refractivity contribution >= 4 is 5.78 Å². The Balaban J connectivity index is 1.51. The van der Waals surface area contributed by atoms with Gasteiger partial charge in [-0.1, -0.05) is 13.8 Å². The monoisotopic (exact) mass is 408 g/mol. The number of rotatable bonds is 2. The van der Waals surface area contributed by atoms with Crippen molar-refractivity contribution in [2.45, 2.75) is 82.7 Å². The zero-order chi connectivity index (χ0) is 20.7. The smallest absolute Gasteiger partial charge is 0.222 e. The lowest BCUT2D eigenvalue weighted by molar-refractivity contribution is -0.317. The second-order valence-electron chi connectivity index (χ2n) is 11.0. The van der Waals surface area contributed by atoms with E-state index < -0.39 is 23.4 Å². The normalized spacial score (nSPS) is 54.0. The Morgan fingerprint density at radius 3 is 2.48 bits per heavy atom. The molecule has 5 aliphatic rings. The number of ketones is 1. The van der Waals surface area contributed by atoms with E-state index >= 15 is 0 Å². The van der Waals surface area contributed by atoms with Crippen molar-refractivity contribution in [1.29, 1.82) is 0 Å². The highest BCUT2D eigenvalue weighted by atomic mass is 16.8. The molecule has 1 saturated heterocycles. The maximum atomic E-state index is 13.7. The first-order valence-electron chi connectivity index (χ1n) is 11.5. The molecule has 5 fully saturated rings. The Bertz CT molecular complexity index is 689. The summed E-state index contributed by atoms with van der Waals surface area (Å²) < 4.78 is 11.6. The third-order valence-electron chi connectivity index (χ3n) is 10.1. The molecule has 3 N–H and O–H groups in total. The highest BCUT2D eigenvalue weighted by Crippen LogP contribution is 2.69. The lowest BCUT2D eigenvalue weighted by Crippen LogP contribution is -2.68. The van der Waals surface area contributed by atoms with Crippen molar-refractivity contribution in [1.82, 2.24) is 0 Å². The van der Waals surface area contributed by atoms with Crippen molar-refractivity contribution in [3.05, 3.63) is 0 Å². The first kappa shape index (κ1) is 20.4. The first-order chi connectivity index (χ1) is 13.7. The number of aliphatic hydroxyl groups excluding tert-OH is 2. The van der Waals surface area contributed by atoms with E-state index in [4.69, 9.17) is 9.47 Å². The number of fused-ring (bicyclic) bond motifs is 5. The first-order valence-corrected chi connectivity index (χ1v) is 11.5. The Morgan fingerprint density at radius 2 is 1.79 bits per heavy atom. The van der Waals surface area contributed by atoms with E-state index in [1.54, 1.807) is 0 Å². The summed E-state index contributed by atoms with van der Waals surface area (Å²) in [7, 11) is 0. The Hall–Kier alpha value is -0.530. The minimum atomic E-state index is -1.42. The van der Waals surface area contributed by atoms with Gasteiger partial charge in [0.2, 0.25) is 5.79 Å². The molecule has 0 aromatic rings. The molecule has 1 aliphatic heterocycles. The minimum absolute atomic E-state index is 0.0182. The number of carbonyl (C=O) groups excluding carboxylic acids is 1. The lowest BCUT2D eigenvalue weighted by Gasteiger charge is -2.61. The molecule has 0 radical (unpaired) electrons. The summed E-state index contributed by atoms with van der Waals surface area (Å²) in [5.74, 6) is -0.264. The van der Waals surface area contributed by atoms with Gasteiger partial charge in [0.05, 0.1) is 19.3 Å². The van der Waals surface area contributed by atoms with Gasteiger partial charge in [-0.2, -0.15) is 0 Å². The molecule has 4 saturated carbocycles. The van der Waals surface area contributed by atoms with Crippen LogP contribution < -0.4 is 0 Å². The number of carbonyl (C=O) groups is 1. The van der Waals surface area contributed by atoms with Crippen LogP contribution in [0.15, 0.2) is 0 Å². The molecule has 0 aromatic heterocycles. The standard InChI is InChI=1S/C23H36O6/c1-20-7-5-15(25)11-14(20)3-4-16-17-6-8-22(27,23(13-24)28-9-10-29-23)21(17,2)12-18(26)19(16)20/h14-17,19,24-25,27H,3-13H2,1-2H3/t14-,15-,16?,17?,19?,20+,21+,22-/m1/s1. The number of ether oxygens (including phenoxy) is 2. The topological polar surface area (TPSA) is 96.2 Å². The average Bonchev–Trinajstić information content (AvgIpc) is 3.27. The Labute approximate surface area is 173 Å². The Kier molecular flexibility index (Phi) is 4.56. The van der Waals surface area contributed by atoms with Gasteiger partial charge in [0.25, 0.3) is 0 Å². The van der Waals surface area contributed by atoms with Crippen LogP contribution in [0.3, 0.4) is 0 Å². The van der Waals surface area contributed by atoms with Crippen LogP contribution in [0.4, 0.5) is 0 Å². The van der Waals surface area contributed by atoms with Crippen LogP contribution in [0.5, 0.6) is 0 Å². The quantitative estimate of drug-likeness (QED) is 0.647. The molecule has 164 valence electrons. The van der Waals surface area contributed by atoms with E-state index in [1.165, 1.54) is 0 Å². The second-order valence-corrected chi connectivity index (χ2v) is 11.0. The fourth-order valence-electron chi connectivity index (χ4n) is 8.60. The molecule has 0 bridgehead atoms. The predicted octanol–water partition coefficient (Wildman–Crippen LogP) is 2.04. The third kappa shape index (κ3) is 2.44. The SMILES string of the molecule is C[C@]12CC(=O)C3C(CC[C@@H]4C[C@H](O)CC[C@]34C)C1CC[C@]2(O)C1(CO)OCCO1. The van der Waals surface area contributed by atoms with Gasteiger partial charge in [0.1, 0.15) is 18.0 Å². The number of Topliss-reactive ketones (excluding diaryl/α,β-unsaturated/α-hetero) is 1. The molecule has 6 heteroatoms. The molecule has 8 atom stereocenters. The van der Waals surface area contributed by atoms with Crippen LogP contribution in [0, 0.1) is 34.5 Å². The van der Waals surface area contributed by atoms with Gasteiger partial charge >= 0.3 is 0 Å². The zero-order valence-electron chi connectivity index (χ0n) is 17.7. The molecule has 1 heterocycles. The molecule has 0 aromatic carbocycles. The summed E-state index contributed by atoms with van der Waals surface area (Å²) in [6, 6.07) is 0. The molecular formula is C23H36O6. The molecule has 4 aliphatic carbocycles. The molecule has 0 amide bonds. The van der Waals surface area contributed by atoms with Crippen LogP contribution >= 0.6 is 0 Å². The number of hydrogen-bond acceptors (Lipinski definition) is 6. The van der Waals surface area contributed by atoms with E-state index in [0.717, 1.165) is 38.5 Å². The fourth-order valence-corrected chi connectivity index (χ4v) is 8.60. The van der Waals surface area contributed by atoms with Crippen LogP contribution in [0.1, 0.15) is 65.2 Å². The average molecular weight is 409 g/mol. The van der Waals surface area contributed by atoms with Crippen molar-refractivity contribution in [2.75, 3.05) is 19.8 Å². The van der Waals surface area contributed by atoms with Gasteiger partial charge < -0.3 is 24.8 Å². The maximum absolute atomic E-state index is 13.7. The van der Waals surface area contributed by atoms with Gasteiger partial charge in [0, 0.05) is 17.8 Å². The van der Waals surface area contributed by atoms with Gasteiger partial charge in [-0.05, 0) is 68.1 Å². The largest absolute Gasteiger partial charge is 0.393 e. The van der Waals surface area contributed by atoms with Gasteiger partial charge in [-0.15, -0.1) is 0 Å². The highest BCUT2D eigenvalue weighted by molar-refractivity contribution is 5.84. The third-order valence-corrected chi connectivity index (χ3v) is 10.1. The summed E-state index contributed by atoms with van der Waals surface area (Å²) in [5, 5.41) is 32.3. The van der Waals surface area contributed by atoms with E-state index in [1.807, 2.05) is 6.92 Å².